The Hall–Kier alpha value is -2.62. The van der Waals surface area contributed by atoms with Gasteiger partial charge in [-0.15, -0.1) is 0 Å². The largest absolute Gasteiger partial charge is 0.345 e. The van der Waals surface area contributed by atoms with Crippen LogP contribution in [0.2, 0.25) is 0 Å². The Labute approximate surface area is 209 Å². The third-order valence-corrected chi connectivity index (χ3v) is 7.99. The Morgan fingerprint density at radius 3 is 2.64 bits per heavy atom. The molecule has 1 aliphatic heterocycles. The Kier molecular flexibility index (Phi) is 6.52. The van der Waals surface area contributed by atoms with E-state index in [1.165, 1.54) is 16.6 Å². The number of hydrogen-bond donors (Lipinski definition) is 0. The highest BCUT2D eigenvalue weighted by Gasteiger charge is 2.26. The van der Waals surface area contributed by atoms with Crippen LogP contribution in [0.1, 0.15) is 10.4 Å². The molecule has 4 aromatic rings. The molecule has 5 rings (SSSR count). The van der Waals surface area contributed by atoms with E-state index < -0.39 is 0 Å². The fourth-order valence-electron chi connectivity index (χ4n) is 3.81. The monoisotopic (exact) mass is 539 g/mol. The molecule has 9 heteroatoms. The maximum Gasteiger partial charge on any atom is 0.256 e. The van der Waals surface area contributed by atoms with Gasteiger partial charge in [0, 0.05) is 55.8 Å². The number of carbonyl (C=O) groups excluding carboxylic acids is 1. The van der Waals surface area contributed by atoms with E-state index in [0.717, 1.165) is 38.9 Å². The zero-order chi connectivity index (χ0) is 22.8. The number of aromatic nitrogens is 2. The van der Waals surface area contributed by atoms with E-state index in [-0.39, 0.29) is 5.91 Å². The fraction of sp³-hybridized carbons (Fsp3) is 0.208. The van der Waals surface area contributed by atoms with Crippen LogP contribution in [-0.2, 0) is 0 Å². The average Bonchev–Trinajstić information content (AvgIpc) is 3.27. The highest BCUT2D eigenvalue weighted by Crippen LogP contribution is 2.32. The molecule has 0 bridgehead atoms. The van der Waals surface area contributed by atoms with E-state index in [9.17, 15) is 4.79 Å². The molecule has 33 heavy (non-hydrogen) atoms. The molecular weight excluding hydrogens is 518 g/mol. The van der Waals surface area contributed by atoms with Crippen LogP contribution in [0.25, 0.3) is 10.2 Å². The topological polar surface area (TPSA) is 52.6 Å². The minimum absolute atomic E-state index is 0.0620. The van der Waals surface area contributed by atoms with Crippen molar-refractivity contribution in [1.29, 1.82) is 0 Å². The van der Waals surface area contributed by atoms with Crippen LogP contribution >= 0.6 is 39.2 Å². The van der Waals surface area contributed by atoms with E-state index in [2.05, 4.69) is 31.9 Å². The molecule has 1 amide bonds. The number of fused-ring (bicyclic) bond motifs is 1. The normalized spacial score (nSPS) is 14.0. The second-order valence-electron chi connectivity index (χ2n) is 7.66. The quantitative estimate of drug-likeness (QED) is 0.309. The fourth-order valence-corrected chi connectivity index (χ4v) is 6.17. The van der Waals surface area contributed by atoms with Gasteiger partial charge in [0.25, 0.3) is 5.91 Å². The Morgan fingerprint density at radius 1 is 1.06 bits per heavy atom. The number of carbonyl (C=O) groups is 1. The third-order valence-electron chi connectivity index (χ3n) is 5.52. The highest BCUT2D eigenvalue weighted by molar-refractivity contribution is 9.10. The van der Waals surface area contributed by atoms with E-state index >= 15 is 0 Å². The number of nitrogens with zero attached hydrogens (tertiary/aromatic N) is 5. The Bertz CT molecular complexity index is 1270. The van der Waals surface area contributed by atoms with Gasteiger partial charge in [0.15, 0.2) is 5.13 Å². The van der Waals surface area contributed by atoms with Crippen molar-refractivity contribution in [2.24, 2.45) is 0 Å². The molecule has 0 aliphatic carbocycles. The van der Waals surface area contributed by atoms with Crippen molar-refractivity contribution in [1.82, 2.24) is 14.9 Å². The van der Waals surface area contributed by atoms with Crippen LogP contribution in [-0.4, -0.2) is 54.0 Å². The van der Waals surface area contributed by atoms with Crippen LogP contribution < -0.4 is 9.21 Å². The van der Waals surface area contributed by atoms with Crippen LogP contribution in [0.4, 0.5) is 10.8 Å². The zero-order valence-corrected chi connectivity index (χ0v) is 21.2. The van der Waals surface area contributed by atoms with Crippen LogP contribution in [0, 0.1) is 0 Å². The predicted molar refractivity (Wildman–Crippen MR) is 140 cm³/mol. The van der Waals surface area contributed by atoms with Crippen molar-refractivity contribution >= 4 is 66.2 Å². The molecular formula is C24H22BrN5OS2. The van der Waals surface area contributed by atoms with Crippen molar-refractivity contribution in [3.8, 4) is 0 Å². The minimum atomic E-state index is 0.0620. The van der Waals surface area contributed by atoms with Gasteiger partial charge in [0.2, 0.25) is 0 Å². The lowest BCUT2D eigenvalue weighted by atomic mass is 10.1. The molecule has 2 aromatic heterocycles. The predicted octanol–water partition coefficient (Wildman–Crippen LogP) is 5.56. The first kappa shape index (κ1) is 22.2. The summed E-state index contributed by atoms with van der Waals surface area (Å²) in [6.45, 7) is 2.88. The number of piperazine rings is 1. The molecule has 0 spiro atoms. The van der Waals surface area contributed by atoms with Crippen LogP contribution in [0.3, 0.4) is 0 Å². The summed E-state index contributed by atoms with van der Waals surface area (Å²) in [7, 11) is 1.97. The minimum Gasteiger partial charge on any atom is -0.345 e. The third kappa shape index (κ3) is 4.85. The maximum absolute atomic E-state index is 13.4. The van der Waals surface area contributed by atoms with Crippen molar-refractivity contribution in [3.05, 3.63) is 76.9 Å². The number of hydrogen-bond acceptors (Lipinski definition) is 7. The highest BCUT2D eigenvalue weighted by atomic mass is 79.9. The number of amides is 1. The molecule has 1 fully saturated rings. The number of thiazole rings is 1. The second-order valence-corrected chi connectivity index (χ2v) is 10.7. The van der Waals surface area contributed by atoms with Gasteiger partial charge in [-0.1, -0.05) is 45.5 Å². The SMILES string of the molecule is CN(Sc1ccccn1)c1ccccc1C(=O)N1CCN(c2nc3ccc(Br)cc3s2)CC1. The molecule has 168 valence electrons. The molecule has 0 atom stereocenters. The molecule has 6 nitrogen and oxygen atoms in total. The smallest absolute Gasteiger partial charge is 0.256 e. The Balaban J connectivity index is 1.28. The molecule has 1 saturated heterocycles. The lowest BCUT2D eigenvalue weighted by Crippen LogP contribution is -2.49. The molecule has 0 N–H and O–H groups in total. The van der Waals surface area contributed by atoms with Gasteiger partial charge in [-0.05, 0) is 42.5 Å². The van der Waals surface area contributed by atoms with Gasteiger partial charge in [-0.25, -0.2) is 9.97 Å². The lowest BCUT2D eigenvalue weighted by molar-refractivity contribution is 0.0747. The maximum atomic E-state index is 13.4. The molecule has 1 aliphatic rings. The van der Waals surface area contributed by atoms with Crippen molar-refractivity contribution in [2.75, 3.05) is 42.4 Å². The second kappa shape index (κ2) is 9.70. The number of pyridine rings is 1. The van der Waals surface area contributed by atoms with E-state index in [4.69, 9.17) is 4.98 Å². The van der Waals surface area contributed by atoms with Crippen molar-refractivity contribution < 1.29 is 4.79 Å². The summed E-state index contributed by atoms with van der Waals surface area (Å²) in [5.74, 6) is 0.0620. The number of halogens is 1. The standard InChI is InChI=1S/C24H22BrN5OS2/c1-28(33-22-8-4-5-11-26-22)20-7-3-2-6-18(20)23(31)29-12-14-30(15-13-29)24-27-19-10-9-17(25)16-21(19)32-24/h2-11,16H,12-15H2,1H3. The van der Waals surface area contributed by atoms with Gasteiger partial charge in [-0.2, -0.15) is 0 Å². The van der Waals surface area contributed by atoms with Crippen LogP contribution in [0.5, 0.6) is 0 Å². The molecule has 0 radical (unpaired) electrons. The number of benzene rings is 2. The summed E-state index contributed by atoms with van der Waals surface area (Å²) in [6, 6.07) is 19.8. The van der Waals surface area contributed by atoms with Gasteiger partial charge < -0.3 is 14.1 Å². The number of anilines is 2. The van der Waals surface area contributed by atoms with Crippen molar-refractivity contribution in [3.63, 3.8) is 0 Å². The first-order valence-corrected chi connectivity index (χ1v) is 13.0. The summed E-state index contributed by atoms with van der Waals surface area (Å²) in [5, 5.41) is 1.90. The van der Waals surface area contributed by atoms with Crippen LogP contribution in [0.15, 0.2) is 76.4 Å². The summed E-state index contributed by atoms with van der Waals surface area (Å²) in [6.07, 6.45) is 1.77. The van der Waals surface area contributed by atoms with E-state index in [1.807, 2.05) is 70.9 Å². The Morgan fingerprint density at radius 2 is 1.85 bits per heavy atom. The molecule has 2 aromatic carbocycles. The van der Waals surface area contributed by atoms with Gasteiger partial charge in [0.05, 0.1) is 21.5 Å². The number of para-hydroxylation sites is 1. The van der Waals surface area contributed by atoms with Gasteiger partial charge in [0.1, 0.15) is 5.03 Å². The molecule has 3 heterocycles. The van der Waals surface area contributed by atoms with E-state index in [1.54, 1.807) is 17.5 Å². The van der Waals surface area contributed by atoms with Gasteiger partial charge in [-0.3, -0.25) is 4.79 Å². The summed E-state index contributed by atoms with van der Waals surface area (Å²) < 4.78 is 4.23. The summed E-state index contributed by atoms with van der Waals surface area (Å²) in [5.41, 5.74) is 2.61. The summed E-state index contributed by atoms with van der Waals surface area (Å²) >= 11 is 6.74. The molecule has 0 unspecified atom stereocenters. The summed E-state index contributed by atoms with van der Waals surface area (Å²) in [4.78, 5) is 26.8. The number of rotatable bonds is 5. The first-order chi connectivity index (χ1) is 16.1. The first-order valence-electron chi connectivity index (χ1n) is 10.6. The molecule has 0 saturated carbocycles. The lowest BCUT2D eigenvalue weighted by Gasteiger charge is -2.35. The van der Waals surface area contributed by atoms with E-state index in [0.29, 0.717) is 18.7 Å². The average molecular weight is 541 g/mol. The zero-order valence-electron chi connectivity index (χ0n) is 18.0. The van der Waals surface area contributed by atoms with Crippen molar-refractivity contribution in [2.45, 2.75) is 5.03 Å². The van der Waals surface area contributed by atoms with Gasteiger partial charge >= 0.3 is 0 Å².